The molecule has 0 N–H and O–H groups in total. The van der Waals surface area contributed by atoms with Gasteiger partial charge in [0.2, 0.25) is 0 Å². The Labute approximate surface area is 96.9 Å². The van der Waals surface area contributed by atoms with Gasteiger partial charge in [-0.15, -0.1) is 0 Å². The monoisotopic (exact) mass is 228 g/mol. The zero-order valence-electron chi connectivity index (χ0n) is 8.99. The molecule has 0 saturated carbocycles. The maximum atomic E-state index is 10.8. The summed E-state index contributed by atoms with van der Waals surface area (Å²) in [5, 5.41) is 23.8. The van der Waals surface area contributed by atoms with Gasteiger partial charge in [-0.05, 0) is 0 Å². The van der Waals surface area contributed by atoms with Crippen molar-refractivity contribution in [1.29, 1.82) is 5.26 Å². The summed E-state index contributed by atoms with van der Waals surface area (Å²) in [6, 6.07) is 6.42. The summed E-state index contributed by atoms with van der Waals surface area (Å²) in [4.78, 5) is 10.2. The summed E-state index contributed by atoms with van der Waals surface area (Å²) in [7, 11) is 1.74. The third kappa shape index (κ3) is 1.86. The Balaban J connectivity index is 2.67. The maximum Gasteiger partial charge on any atom is 0.287 e. The molecule has 1 heterocycles. The van der Waals surface area contributed by atoms with Gasteiger partial charge in [0.1, 0.15) is 11.6 Å². The quantitative estimate of drug-likeness (QED) is 0.580. The summed E-state index contributed by atoms with van der Waals surface area (Å²) in [6.07, 6.45) is 3.28. The normalized spacial score (nSPS) is 9.88. The van der Waals surface area contributed by atoms with Crippen LogP contribution in [0.1, 0.15) is 5.56 Å². The van der Waals surface area contributed by atoms with Crippen LogP contribution in [0.5, 0.6) is 0 Å². The predicted octanol–water partition coefficient (Wildman–Crippen LogP) is 1.87. The second-order valence-electron chi connectivity index (χ2n) is 3.47. The molecule has 17 heavy (non-hydrogen) atoms. The van der Waals surface area contributed by atoms with E-state index >= 15 is 0 Å². The number of nitro benzene ring substituents is 1. The maximum absolute atomic E-state index is 10.8. The largest absolute Gasteiger partial charge is 0.287 e. The molecule has 0 bridgehead atoms. The highest BCUT2D eigenvalue weighted by atomic mass is 16.6. The molecule has 6 nitrogen and oxygen atoms in total. The smallest absolute Gasteiger partial charge is 0.275 e. The molecule has 0 fully saturated rings. The van der Waals surface area contributed by atoms with Crippen LogP contribution in [0.2, 0.25) is 0 Å². The molecule has 1 aromatic heterocycles. The zero-order chi connectivity index (χ0) is 12.4. The number of hydrogen-bond acceptors (Lipinski definition) is 4. The number of nitro groups is 1. The van der Waals surface area contributed by atoms with E-state index in [1.165, 1.54) is 6.07 Å². The molecule has 1 aromatic carbocycles. The van der Waals surface area contributed by atoms with E-state index in [9.17, 15) is 10.1 Å². The Morgan fingerprint density at radius 2 is 2.29 bits per heavy atom. The van der Waals surface area contributed by atoms with Crippen molar-refractivity contribution in [3.05, 3.63) is 46.3 Å². The Kier molecular flexibility index (Phi) is 2.58. The van der Waals surface area contributed by atoms with Crippen LogP contribution in [0.15, 0.2) is 30.6 Å². The number of nitriles is 1. The summed E-state index contributed by atoms with van der Waals surface area (Å²) in [6.45, 7) is 0. The molecular weight excluding hydrogens is 220 g/mol. The molecule has 0 aliphatic rings. The van der Waals surface area contributed by atoms with Crippen molar-refractivity contribution in [2.75, 3.05) is 0 Å². The summed E-state index contributed by atoms with van der Waals surface area (Å²) in [5.41, 5.74) is 1.09. The Morgan fingerprint density at radius 3 is 2.82 bits per heavy atom. The van der Waals surface area contributed by atoms with Crippen LogP contribution in [0, 0.1) is 21.4 Å². The lowest BCUT2D eigenvalue weighted by Crippen LogP contribution is -1.94. The molecule has 84 valence electrons. The van der Waals surface area contributed by atoms with Gasteiger partial charge in [-0.3, -0.25) is 14.8 Å². The Bertz CT molecular complexity index is 625. The standard InChI is InChI=1S/C11H8N4O2/c1-14-7-8(6-13-14)9-3-2-4-11(15(16)17)10(9)5-12/h2-4,6-7H,1H3. The first-order chi connectivity index (χ1) is 8.13. The van der Waals surface area contributed by atoms with E-state index in [1.807, 2.05) is 6.07 Å². The van der Waals surface area contributed by atoms with E-state index in [0.29, 0.717) is 11.1 Å². The average molecular weight is 228 g/mol. The first kappa shape index (κ1) is 10.8. The highest BCUT2D eigenvalue weighted by molar-refractivity contribution is 5.74. The van der Waals surface area contributed by atoms with Gasteiger partial charge in [-0.2, -0.15) is 10.4 Å². The van der Waals surface area contributed by atoms with Gasteiger partial charge in [0, 0.05) is 30.4 Å². The topological polar surface area (TPSA) is 84.7 Å². The molecule has 0 spiro atoms. The number of hydrogen-bond donors (Lipinski definition) is 0. The van der Waals surface area contributed by atoms with E-state index in [4.69, 9.17) is 5.26 Å². The van der Waals surface area contributed by atoms with E-state index < -0.39 is 4.92 Å². The number of rotatable bonds is 2. The van der Waals surface area contributed by atoms with Gasteiger partial charge in [0.05, 0.1) is 11.1 Å². The van der Waals surface area contributed by atoms with Gasteiger partial charge in [-0.1, -0.05) is 12.1 Å². The minimum atomic E-state index is -0.557. The lowest BCUT2D eigenvalue weighted by molar-refractivity contribution is -0.385. The summed E-state index contributed by atoms with van der Waals surface area (Å²) >= 11 is 0. The van der Waals surface area contributed by atoms with Gasteiger partial charge in [-0.25, -0.2) is 0 Å². The van der Waals surface area contributed by atoms with Crippen molar-refractivity contribution in [3.8, 4) is 17.2 Å². The van der Waals surface area contributed by atoms with E-state index in [1.54, 1.807) is 36.3 Å². The molecule has 0 unspecified atom stereocenters. The summed E-state index contributed by atoms with van der Waals surface area (Å²) in [5.74, 6) is 0. The van der Waals surface area contributed by atoms with Gasteiger partial charge >= 0.3 is 0 Å². The first-order valence-electron chi connectivity index (χ1n) is 4.80. The second kappa shape index (κ2) is 4.06. The van der Waals surface area contributed by atoms with Crippen molar-refractivity contribution in [1.82, 2.24) is 9.78 Å². The third-order valence-corrected chi connectivity index (χ3v) is 2.37. The van der Waals surface area contributed by atoms with Crippen molar-refractivity contribution < 1.29 is 4.92 Å². The van der Waals surface area contributed by atoms with Crippen molar-refractivity contribution >= 4 is 5.69 Å². The highest BCUT2D eigenvalue weighted by Crippen LogP contribution is 2.29. The zero-order valence-corrected chi connectivity index (χ0v) is 8.99. The third-order valence-electron chi connectivity index (χ3n) is 2.37. The molecule has 0 saturated heterocycles. The van der Waals surface area contributed by atoms with Gasteiger partial charge in [0.25, 0.3) is 5.69 Å². The van der Waals surface area contributed by atoms with Crippen LogP contribution >= 0.6 is 0 Å². The fourth-order valence-corrected chi connectivity index (χ4v) is 1.61. The van der Waals surface area contributed by atoms with Crippen LogP contribution in [0.3, 0.4) is 0 Å². The Morgan fingerprint density at radius 1 is 1.53 bits per heavy atom. The van der Waals surface area contributed by atoms with Crippen LogP contribution in [-0.4, -0.2) is 14.7 Å². The number of nitrogens with zero attached hydrogens (tertiary/aromatic N) is 4. The summed E-state index contributed by atoms with van der Waals surface area (Å²) < 4.78 is 1.58. The van der Waals surface area contributed by atoms with Crippen LogP contribution in [-0.2, 0) is 7.05 Å². The molecule has 0 aliphatic carbocycles. The molecule has 6 heteroatoms. The van der Waals surface area contributed by atoms with Crippen molar-refractivity contribution in [2.24, 2.45) is 7.05 Å². The molecule has 0 radical (unpaired) electrons. The van der Waals surface area contributed by atoms with Crippen LogP contribution in [0.4, 0.5) is 5.69 Å². The second-order valence-corrected chi connectivity index (χ2v) is 3.47. The van der Waals surface area contributed by atoms with Gasteiger partial charge in [0.15, 0.2) is 0 Å². The van der Waals surface area contributed by atoms with Crippen LogP contribution < -0.4 is 0 Å². The van der Waals surface area contributed by atoms with E-state index in [2.05, 4.69) is 5.10 Å². The number of aromatic nitrogens is 2. The Hall–Kier alpha value is -2.68. The molecule has 0 aliphatic heterocycles. The van der Waals surface area contributed by atoms with E-state index in [0.717, 1.165) is 0 Å². The minimum absolute atomic E-state index is 0.0606. The SMILES string of the molecule is Cn1cc(-c2cccc([N+](=O)[O-])c2C#N)cn1. The van der Waals surface area contributed by atoms with Crippen molar-refractivity contribution in [2.45, 2.75) is 0 Å². The number of aryl methyl sites for hydroxylation is 1. The predicted molar refractivity (Wildman–Crippen MR) is 60.0 cm³/mol. The van der Waals surface area contributed by atoms with E-state index in [-0.39, 0.29) is 11.3 Å². The first-order valence-corrected chi connectivity index (χ1v) is 4.80. The molecule has 2 rings (SSSR count). The van der Waals surface area contributed by atoms with Crippen LogP contribution in [0.25, 0.3) is 11.1 Å². The fraction of sp³-hybridized carbons (Fsp3) is 0.0909. The van der Waals surface area contributed by atoms with Gasteiger partial charge < -0.3 is 0 Å². The molecule has 0 amide bonds. The van der Waals surface area contributed by atoms with Crippen molar-refractivity contribution in [3.63, 3.8) is 0 Å². The average Bonchev–Trinajstić information content (AvgIpc) is 2.74. The molecule has 0 atom stereocenters. The lowest BCUT2D eigenvalue weighted by atomic mass is 10.0. The fourth-order valence-electron chi connectivity index (χ4n) is 1.61. The number of benzene rings is 1. The lowest BCUT2D eigenvalue weighted by Gasteiger charge is -2.01. The molecular formula is C11H8N4O2. The molecule has 2 aromatic rings. The highest BCUT2D eigenvalue weighted by Gasteiger charge is 2.18. The minimum Gasteiger partial charge on any atom is -0.275 e.